The minimum atomic E-state index is -0.719. The molecule has 0 atom stereocenters. The van der Waals surface area contributed by atoms with Crippen molar-refractivity contribution in [1.29, 1.82) is 0 Å². The molecule has 0 aromatic heterocycles. The molecule has 1 saturated heterocycles. The van der Waals surface area contributed by atoms with Gasteiger partial charge in [-0.3, -0.25) is 9.59 Å². The summed E-state index contributed by atoms with van der Waals surface area (Å²) in [6.45, 7) is 15.1. The molecule has 30 heavy (non-hydrogen) atoms. The monoisotopic (exact) mass is 425 g/mol. The molecule has 1 aliphatic carbocycles. The van der Waals surface area contributed by atoms with Gasteiger partial charge in [-0.2, -0.15) is 0 Å². The van der Waals surface area contributed by atoms with Crippen LogP contribution in [-0.4, -0.2) is 46.4 Å². The Labute approximate surface area is 181 Å². The average Bonchev–Trinajstić information content (AvgIpc) is 2.54. The molecule has 2 aliphatic rings. The van der Waals surface area contributed by atoms with E-state index in [1.807, 2.05) is 55.4 Å². The Balaban J connectivity index is 1.83. The zero-order valence-corrected chi connectivity index (χ0v) is 19.9. The highest BCUT2D eigenvalue weighted by Gasteiger charge is 2.49. The van der Waals surface area contributed by atoms with E-state index < -0.39 is 40.0 Å². The fourth-order valence-electron chi connectivity index (χ4n) is 5.55. The number of hydroxylamine groups is 2. The Bertz CT molecular complexity index is 562. The van der Waals surface area contributed by atoms with E-state index in [0.717, 1.165) is 5.06 Å². The highest BCUT2D eigenvalue weighted by atomic mass is 16.6. The fourth-order valence-corrected chi connectivity index (χ4v) is 5.55. The van der Waals surface area contributed by atoms with Crippen molar-refractivity contribution in [3.05, 3.63) is 0 Å². The molecule has 0 N–H and O–H groups in total. The van der Waals surface area contributed by atoms with Crippen LogP contribution in [0.3, 0.4) is 0 Å². The lowest BCUT2D eigenvalue weighted by Gasteiger charge is -2.49. The molecule has 0 amide bonds. The summed E-state index contributed by atoms with van der Waals surface area (Å²) >= 11 is 0. The van der Waals surface area contributed by atoms with Gasteiger partial charge < -0.3 is 9.47 Å². The maximum absolute atomic E-state index is 12.6. The minimum Gasteiger partial charge on any atom is -0.462 e. The lowest BCUT2D eigenvalue weighted by Crippen LogP contribution is -2.60. The van der Waals surface area contributed by atoms with Crippen LogP contribution in [-0.2, 0) is 29.4 Å². The van der Waals surface area contributed by atoms with E-state index in [1.54, 1.807) is 0 Å². The molecule has 1 saturated carbocycles. The van der Waals surface area contributed by atoms with Crippen molar-refractivity contribution in [1.82, 2.24) is 5.06 Å². The topological polar surface area (TPSA) is 95.6 Å². The van der Waals surface area contributed by atoms with E-state index in [-0.39, 0.29) is 25.0 Å². The number of rotatable bonds is 5. The summed E-state index contributed by atoms with van der Waals surface area (Å²) in [5.74, 6) is -0.894. The number of piperidine rings is 1. The zero-order valence-electron chi connectivity index (χ0n) is 19.9. The first-order valence-corrected chi connectivity index (χ1v) is 11.0. The van der Waals surface area contributed by atoms with Gasteiger partial charge in [0.2, 0.25) is 0 Å². The smallest absolute Gasteiger partial charge is 0.306 e. The first-order chi connectivity index (χ1) is 13.5. The van der Waals surface area contributed by atoms with Gasteiger partial charge in [-0.1, -0.05) is 27.7 Å². The van der Waals surface area contributed by atoms with Crippen molar-refractivity contribution in [2.75, 3.05) is 0 Å². The van der Waals surface area contributed by atoms with Crippen molar-refractivity contribution in [3.8, 4) is 0 Å². The normalized spacial score (nSPS) is 30.5. The van der Waals surface area contributed by atoms with E-state index in [4.69, 9.17) is 9.47 Å². The van der Waals surface area contributed by atoms with E-state index >= 15 is 0 Å². The molecule has 2 fully saturated rings. The average molecular weight is 426 g/mol. The van der Waals surface area contributed by atoms with E-state index in [0.29, 0.717) is 25.7 Å². The third-order valence-electron chi connectivity index (χ3n) is 6.61. The van der Waals surface area contributed by atoms with Gasteiger partial charge in [-0.05, 0) is 51.4 Å². The third-order valence-corrected chi connectivity index (χ3v) is 6.61. The van der Waals surface area contributed by atoms with Crippen molar-refractivity contribution in [3.63, 3.8) is 0 Å². The second-order valence-corrected chi connectivity index (χ2v) is 11.8. The molecule has 0 bridgehead atoms. The number of nitrogens with zero attached hydrogens (tertiary/aromatic N) is 1. The van der Waals surface area contributed by atoms with Gasteiger partial charge in [-0.25, -0.2) is 5.11 Å². The molecular weight excluding hydrogens is 386 g/mol. The van der Waals surface area contributed by atoms with Gasteiger partial charge in [-0.15, -0.1) is 10.3 Å². The summed E-state index contributed by atoms with van der Waals surface area (Å²) in [6, 6.07) is 0. The fraction of sp³-hybridized carbons (Fsp3) is 0.913. The highest BCUT2D eigenvalue weighted by molar-refractivity contribution is 5.77. The predicted octanol–water partition coefficient (Wildman–Crippen LogP) is 4.23. The summed E-state index contributed by atoms with van der Waals surface area (Å²) < 4.78 is 11.2. The lowest BCUT2D eigenvalue weighted by molar-refractivity contribution is -0.299. The van der Waals surface area contributed by atoms with Crippen LogP contribution < -0.4 is 0 Å². The number of ether oxygens (including phenoxy) is 2. The summed E-state index contributed by atoms with van der Waals surface area (Å²) in [5, 5.41) is 26.1. The third kappa shape index (κ3) is 5.74. The van der Waals surface area contributed by atoms with Gasteiger partial charge in [0.15, 0.2) is 0 Å². The van der Waals surface area contributed by atoms with E-state index in [2.05, 4.69) is 0 Å². The minimum absolute atomic E-state index is 0.0514. The molecule has 2 radical (unpaired) electrons. The first kappa shape index (κ1) is 25.1. The summed E-state index contributed by atoms with van der Waals surface area (Å²) in [5.41, 5.74) is -2.15. The Hall–Kier alpha value is -1.18. The molecule has 172 valence electrons. The summed E-state index contributed by atoms with van der Waals surface area (Å²) in [6.07, 6.45) is 0.480. The molecule has 0 spiro atoms. The van der Waals surface area contributed by atoms with Crippen LogP contribution in [0.1, 0.15) is 93.9 Å². The van der Waals surface area contributed by atoms with Crippen LogP contribution in [0.15, 0.2) is 0 Å². The van der Waals surface area contributed by atoms with Crippen LogP contribution >= 0.6 is 0 Å². The second-order valence-electron chi connectivity index (χ2n) is 11.8. The number of hydrogen-bond donors (Lipinski definition) is 0. The van der Waals surface area contributed by atoms with Gasteiger partial charge in [0.05, 0.1) is 12.8 Å². The number of hydrogen-bond acceptors (Lipinski definition) is 5. The Morgan fingerprint density at radius 3 is 1.43 bits per heavy atom. The van der Waals surface area contributed by atoms with E-state index in [1.165, 1.54) is 0 Å². The summed E-state index contributed by atoms with van der Waals surface area (Å²) in [7, 11) is 0. The van der Waals surface area contributed by atoms with Crippen LogP contribution in [0.25, 0.3) is 0 Å². The van der Waals surface area contributed by atoms with Crippen LogP contribution in [0, 0.1) is 10.8 Å². The SMILES string of the molecule is CC1(C)CC(OC(=O)CCC(=O)OC2CC(C)(C)N([O])C(C)(C)C2)CC(C)(C)C1[O]. The van der Waals surface area contributed by atoms with Crippen molar-refractivity contribution in [2.24, 2.45) is 10.8 Å². The largest absolute Gasteiger partial charge is 0.462 e. The predicted molar refractivity (Wildman–Crippen MR) is 110 cm³/mol. The second kappa shape index (κ2) is 8.40. The first-order valence-electron chi connectivity index (χ1n) is 11.0. The molecular formula is C23H39NO6. The molecule has 2 rings (SSSR count). The molecule has 1 heterocycles. The standard InChI is InChI=1S/C23H39NO6/c1-20(2)11-15(12-21(3,4)19(20)27)29-17(25)9-10-18(26)30-16-13-22(5,6)24(28)23(7,8)14-16/h15-16,19H,9-14H2,1-8H3. The van der Waals surface area contributed by atoms with E-state index in [9.17, 15) is 19.9 Å². The molecule has 7 nitrogen and oxygen atoms in total. The van der Waals surface area contributed by atoms with Gasteiger partial charge in [0, 0.05) is 23.9 Å². The Morgan fingerprint density at radius 1 is 0.733 bits per heavy atom. The Kier molecular flexibility index (Phi) is 7.02. The maximum atomic E-state index is 12.6. The van der Waals surface area contributed by atoms with Crippen LogP contribution in [0.5, 0.6) is 0 Å². The highest BCUT2D eigenvalue weighted by Crippen LogP contribution is 2.47. The van der Waals surface area contributed by atoms with Crippen molar-refractivity contribution in [2.45, 2.75) is 123 Å². The number of carbonyl (C=O) groups excluding carboxylic acids is 2. The quantitative estimate of drug-likeness (QED) is 0.614. The van der Waals surface area contributed by atoms with Crippen LogP contribution in [0.4, 0.5) is 0 Å². The molecule has 0 unspecified atom stereocenters. The van der Waals surface area contributed by atoms with Crippen molar-refractivity contribution >= 4 is 11.9 Å². The molecule has 0 aromatic carbocycles. The molecule has 0 aromatic rings. The summed E-state index contributed by atoms with van der Waals surface area (Å²) in [4.78, 5) is 24.6. The van der Waals surface area contributed by atoms with Gasteiger partial charge in [0.25, 0.3) is 0 Å². The number of carbonyl (C=O) groups is 2. The molecule has 1 aliphatic heterocycles. The maximum Gasteiger partial charge on any atom is 0.306 e. The van der Waals surface area contributed by atoms with Crippen LogP contribution in [0.2, 0.25) is 0 Å². The van der Waals surface area contributed by atoms with Gasteiger partial charge >= 0.3 is 11.9 Å². The Morgan fingerprint density at radius 2 is 1.07 bits per heavy atom. The van der Waals surface area contributed by atoms with Gasteiger partial charge in [0.1, 0.15) is 18.3 Å². The van der Waals surface area contributed by atoms with Crippen molar-refractivity contribution < 1.29 is 29.4 Å². The zero-order chi connectivity index (χ0) is 23.1. The lowest BCUT2D eigenvalue weighted by atomic mass is 9.62. The number of esters is 2. The molecule has 7 heteroatoms.